The van der Waals surface area contributed by atoms with Gasteiger partial charge in [-0.15, -0.1) is 0 Å². The summed E-state index contributed by atoms with van der Waals surface area (Å²) >= 11 is 0. The Balaban J connectivity index is 1.94. The van der Waals surface area contributed by atoms with Crippen molar-refractivity contribution in [2.24, 2.45) is 0 Å². The van der Waals surface area contributed by atoms with Crippen molar-refractivity contribution in [2.45, 2.75) is 23.4 Å². The van der Waals surface area contributed by atoms with Crippen LogP contribution >= 0.6 is 0 Å². The molecule has 1 amide bonds. The summed E-state index contributed by atoms with van der Waals surface area (Å²) in [5.74, 6) is -2.88. The highest BCUT2D eigenvalue weighted by molar-refractivity contribution is 7.90. The fourth-order valence-corrected chi connectivity index (χ4v) is 4.26. The zero-order chi connectivity index (χ0) is 20.7. The number of carbonyl (C=O) groups is 1. The Bertz CT molecular complexity index is 1040. The second-order valence-corrected chi connectivity index (χ2v) is 8.12. The van der Waals surface area contributed by atoms with Gasteiger partial charge in [-0.2, -0.15) is 13.2 Å². The first-order valence-corrected chi connectivity index (χ1v) is 9.54. The SMILES string of the molecule is Nc1ccc(S(=O)(=O)Cc2ccc3c(c2)B(O)OC3)c(NC(=O)C(F)(F)F)c1. The third-order valence-corrected chi connectivity index (χ3v) is 5.81. The number of nitrogens with one attached hydrogen (secondary N) is 1. The van der Waals surface area contributed by atoms with Gasteiger partial charge in [0.05, 0.1) is 22.9 Å². The summed E-state index contributed by atoms with van der Waals surface area (Å²) in [7, 11) is -5.32. The molecule has 0 atom stereocenters. The molecule has 7 nitrogen and oxygen atoms in total. The van der Waals surface area contributed by atoms with Crippen molar-refractivity contribution < 1.29 is 36.1 Å². The van der Waals surface area contributed by atoms with E-state index < -0.39 is 45.4 Å². The zero-order valence-corrected chi connectivity index (χ0v) is 15.0. The van der Waals surface area contributed by atoms with Gasteiger partial charge in [0.15, 0.2) is 9.84 Å². The van der Waals surface area contributed by atoms with E-state index in [4.69, 9.17) is 10.4 Å². The molecule has 0 radical (unpaired) electrons. The van der Waals surface area contributed by atoms with Crippen molar-refractivity contribution in [1.82, 2.24) is 0 Å². The maximum Gasteiger partial charge on any atom is 0.491 e. The minimum absolute atomic E-state index is 0.0192. The van der Waals surface area contributed by atoms with E-state index >= 15 is 0 Å². The van der Waals surface area contributed by atoms with Crippen LogP contribution in [-0.4, -0.2) is 32.6 Å². The molecule has 0 fully saturated rings. The fourth-order valence-electron chi connectivity index (χ4n) is 2.76. The van der Waals surface area contributed by atoms with Crippen LogP contribution < -0.4 is 16.5 Å². The maximum atomic E-state index is 12.8. The normalized spacial score (nSPS) is 14.1. The van der Waals surface area contributed by atoms with Gasteiger partial charge in [-0.05, 0) is 34.8 Å². The molecular formula is C16H14BF3N2O5S. The second kappa shape index (κ2) is 7.11. The number of rotatable bonds is 4. The monoisotopic (exact) mass is 414 g/mol. The van der Waals surface area contributed by atoms with Crippen molar-refractivity contribution in [3.8, 4) is 0 Å². The first-order chi connectivity index (χ1) is 13.0. The Hall–Kier alpha value is -2.57. The lowest BCUT2D eigenvalue weighted by atomic mass is 9.79. The number of sulfone groups is 1. The van der Waals surface area contributed by atoms with E-state index in [2.05, 4.69) is 0 Å². The molecule has 1 aliphatic rings. The highest BCUT2D eigenvalue weighted by Crippen LogP contribution is 2.29. The molecule has 4 N–H and O–H groups in total. The predicted molar refractivity (Wildman–Crippen MR) is 95.3 cm³/mol. The Morgan fingerprint density at radius 1 is 1.25 bits per heavy atom. The minimum atomic E-state index is -5.19. The van der Waals surface area contributed by atoms with Crippen molar-refractivity contribution in [1.29, 1.82) is 0 Å². The van der Waals surface area contributed by atoms with Crippen LogP contribution in [0.15, 0.2) is 41.3 Å². The van der Waals surface area contributed by atoms with E-state index in [0.717, 1.165) is 12.1 Å². The molecule has 1 heterocycles. The fraction of sp³-hybridized carbons (Fsp3) is 0.188. The Kier molecular flexibility index (Phi) is 5.13. The standard InChI is InChI=1S/C16H14BF3N2O5S/c18-16(19,20)15(23)22-13-6-11(21)3-4-14(13)28(25,26)8-9-1-2-10-7-27-17(24)12(10)5-9/h1-6,24H,7-8,21H2,(H,22,23). The van der Waals surface area contributed by atoms with Crippen LogP contribution in [0.5, 0.6) is 0 Å². The lowest BCUT2D eigenvalue weighted by Gasteiger charge is -2.14. The van der Waals surface area contributed by atoms with Gasteiger partial charge in [0.25, 0.3) is 0 Å². The number of amides is 1. The number of carbonyl (C=O) groups excluding carboxylic acids is 1. The molecule has 0 saturated heterocycles. The lowest BCUT2D eigenvalue weighted by Crippen LogP contribution is -2.30. The van der Waals surface area contributed by atoms with E-state index in [-0.39, 0.29) is 12.3 Å². The highest BCUT2D eigenvalue weighted by atomic mass is 32.2. The summed E-state index contributed by atoms with van der Waals surface area (Å²) in [5.41, 5.74) is 6.37. The smallest absolute Gasteiger partial charge is 0.423 e. The molecule has 12 heteroatoms. The summed E-state index contributed by atoms with van der Waals surface area (Å²) in [6.07, 6.45) is -5.19. The van der Waals surface area contributed by atoms with Gasteiger partial charge in [-0.25, -0.2) is 8.42 Å². The molecule has 0 spiro atoms. The molecule has 3 rings (SSSR count). The third-order valence-electron chi connectivity index (χ3n) is 4.07. The van der Waals surface area contributed by atoms with Crippen LogP contribution in [0.2, 0.25) is 0 Å². The van der Waals surface area contributed by atoms with E-state index in [0.29, 0.717) is 16.6 Å². The summed E-state index contributed by atoms with van der Waals surface area (Å²) in [4.78, 5) is 10.7. The van der Waals surface area contributed by atoms with Crippen molar-refractivity contribution >= 4 is 39.7 Å². The number of benzene rings is 2. The molecule has 0 aliphatic carbocycles. The number of nitrogen functional groups attached to an aromatic ring is 1. The van der Waals surface area contributed by atoms with Gasteiger partial charge < -0.3 is 20.7 Å². The van der Waals surface area contributed by atoms with Gasteiger partial charge in [0, 0.05) is 5.69 Å². The number of hydrogen-bond donors (Lipinski definition) is 3. The molecule has 148 valence electrons. The van der Waals surface area contributed by atoms with Gasteiger partial charge in [0.1, 0.15) is 0 Å². The van der Waals surface area contributed by atoms with Crippen LogP contribution in [-0.2, 0) is 31.6 Å². The molecule has 2 aromatic carbocycles. The average Bonchev–Trinajstić information content (AvgIpc) is 2.94. The Morgan fingerprint density at radius 2 is 1.96 bits per heavy atom. The predicted octanol–water partition coefficient (Wildman–Crippen LogP) is 0.961. The number of halogens is 3. The largest absolute Gasteiger partial charge is 0.491 e. The summed E-state index contributed by atoms with van der Waals surface area (Å²) < 4.78 is 68.2. The quantitative estimate of drug-likeness (QED) is 0.507. The summed E-state index contributed by atoms with van der Waals surface area (Å²) in [6, 6.07) is 7.75. The van der Waals surface area contributed by atoms with Crippen LogP contribution in [0, 0.1) is 0 Å². The highest BCUT2D eigenvalue weighted by Gasteiger charge is 2.39. The first-order valence-electron chi connectivity index (χ1n) is 7.89. The number of alkyl halides is 3. The molecule has 1 aliphatic heterocycles. The number of anilines is 2. The molecule has 0 bridgehead atoms. The number of nitrogens with two attached hydrogens (primary N) is 1. The lowest BCUT2D eigenvalue weighted by molar-refractivity contribution is -0.167. The van der Waals surface area contributed by atoms with Crippen LogP contribution in [0.3, 0.4) is 0 Å². The van der Waals surface area contributed by atoms with Crippen molar-refractivity contribution in [3.05, 3.63) is 47.5 Å². The average molecular weight is 414 g/mol. The van der Waals surface area contributed by atoms with Crippen molar-refractivity contribution in [3.63, 3.8) is 0 Å². The Morgan fingerprint density at radius 3 is 2.64 bits per heavy atom. The molecule has 0 aromatic heterocycles. The molecular weight excluding hydrogens is 400 g/mol. The first kappa shape index (κ1) is 20.2. The summed E-state index contributed by atoms with van der Waals surface area (Å²) in [6.45, 7) is 0.190. The van der Waals surface area contributed by atoms with Gasteiger partial charge in [0.2, 0.25) is 0 Å². The molecule has 28 heavy (non-hydrogen) atoms. The van der Waals surface area contributed by atoms with Gasteiger partial charge in [-0.1, -0.05) is 18.2 Å². The van der Waals surface area contributed by atoms with Crippen molar-refractivity contribution in [2.75, 3.05) is 11.1 Å². The molecule has 0 unspecified atom stereocenters. The minimum Gasteiger partial charge on any atom is -0.423 e. The van der Waals surface area contributed by atoms with Gasteiger partial charge >= 0.3 is 19.2 Å². The second-order valence-electron chi connectivity index (χ2n) is 6.16. The maximum absolute atomic E-state index is 12.8. The zero-order valence-electron chi connectivity index (χ0n) is 14.2. The van der Waals surface area contributed by atoms with E-state index in [1.165, 1.54) is 18.2 Å². The molecule has 0 saturated carbocycles. The van der Waals surface area contributed by atoms with E-state index in [1.807, 2.05) is 0 Å². The third kappa shape index (κ3) is 4.13. The topological polar surface area (TPSA) is 119 Å². The van der Waals surface area contributed by atoms with Crippen LogP contribution in [0.1, 0.15) is 11.1 Å². The summed E-state index contributed by atoms with van der Waals surface area (Å²) in [5, 5.41) is 11.3. The van der Waals surface area contributed by atoms with Gasteiger partial charge in [-0.3, -0.25) is 4.79 Å². The Labute approximate surface area is 158 Å². The number of hydrogen-bond acceptors (Lipinski definition) is 6. The van der Waals surface area contributed by atoms with E-state index in [1.54, 1.807) is 11.4 Å². The van der Waals surface area contributed by atoms with Crippen LogP contribution in [0.4, 0.5) is 24.5 Å². The molecule has 2 aromatic rings. The van der Waals surface area contributed by atoms with E-state index in [9.17, 15) is 31.4 Å². The number of fused-ring (bicyclic) bond motifs is 1. The van der Waals surface area contributed by atoms with Crippen LogP contribution in [0.25, 0.3) is 0 Å².